The largest absolute Gasteiger partial charge is 0.123 e. The Morgan fingerprint density at radius 2 is 1.77 bits per heavy atom. The average Bonchev–Trinajstić information content (AvgIpc) is 2.11. The third-order valence-corrected chi connectivity index (χ3v) is 4.15. The van der Waals surface area contributed by atoms with E-state index in [1.165, 1.54) is 44.9 Å². The number of hydrogen-bond donors (Lipinski definition) is 0. The van der Waals surface area contributed by atoms with E-state index < -0.39 is 0 Å². The van der Waals surface area contributed by atoms with Crippen molar-refractivity contribution in [1.29, 1.82) is 0 Å². The van der Waals surface area contributed by atoms with Crippen molar-refractivity contribution in [3.63, 3.8) is 0 Å². The predicted octanol–water partition coefficient (Wildman–Crippen LogP) is 4.61. The molecule has 1 aliphatic rings. The highest BCUT2D eigenvalue weighted by Gasteiger charge is 2.24. The van der Waals surface area contributed by atoms with Crippen LogP contribution in [-0.4, -0.2) is 5.38 Å². The Balaban J connectivity index is 2.45. The smallest absolute Gasteiger partial charge is 0.0366 e. The molecule has 0 nitrogen and oxygen atoms in total. The molecule has 13 heavy (non-hydrogen) atoms. The second-order valence-corrected chi connectivity index (χ2v) is 5.12. The molecule has 0 N–H and O–H groups in total. The van der Waals surface area contributed by atoms with Crippen molar-refractivity contribution in [2.45, 2.75) is 64.2 Å². The summed E-state index contributed by atoms with van der Waals surface area (Å²) >= 11 is 6.43. The molecule has 0 saturated heterocycles. The number of halogens is 1. The fourth-order valence-corrected chi connectivity index (χ4v) is 2.94. The normalized spacial score (nSPS) is 33.5. The lowest BCUT2D eigenvalue weighted by molar-refractivity contribution is 0.281. The lowest BCUT2D eigenvalue weighted by Crippen LogP contribution is -2.23. The molecule has 0 bridgehead atoms. The van der Waals surface area contributed by atoms with E-state index in [9.17, 15) is 0 Å². The van der Waals surface area contributed by atoms with Crippen LogP contribution in [0.4, 0.5) is 0 Å². The van der Waals surface area contributed by atoms with Crippen molar-refractivity contribution >= 4 is 11.6 Å². The van der Waals surface area contributed by atoms with Crippen molar-refractivity contribution in [2.75, 3.05) is 0 Å². The molecule has 0 aliphatic heterocycles. The Hall–Kier alpha value is 0.290. The lowest BCUT2D eigenvalue weighted by Gasteiger charge is -2.29. The van der Waals surface area contributed by atoms with Crippen LogP contribution >= 0.6 is 11.6 Å². The quantitative estimate of drug-likeness (QED) is 0.574. The molecule has 0 aromatic heterocycles. The highest BCUT2D eigenvalue weighted by molar-refractivity contribution is 6.20. The van der Waals surface area contributed by atoms with Crippen molar-refractivity contribution in [3.05, 3.63) is 0 Å². The first-order valence-corrected chi connectivity index (χ1v) is 6.33. The zero-order chi connectivity index (χ0) is 9.68. The van der Waals surface area contributed by atoms with E-state index in [0.29, 0.717) is 5.38 Å². The number of rotatable bonds is 2. The van der Waals surface area contributed by atoms with Crippen molar-refractivity contribution in [3.8, 4) is 0 Å². The molecule has 0 aromatic rings. The van der Waals surface area contributed by atoms with Crippen molar-refractivity contribution in [2.24, 2.45) is 11.8 Å². The summed E-state index contributed by atoms with van der Waals surface area (Å²) in [6, 6.07) is 0. The fraction of sp³-hybridized carbons (Fsp3) is 1.00. The predicted molar refractivity (Wildman–Crippen MR) is 60.3 cm³/mol. The summed E-state index contributed by atoms with van der Waals surface area (Å²) in [5, 5.41) is 0.454. The summed E-state index contributed by atoms with van der Waals surface area (Å²) < 4.78 is 0. The Kier molecular flexibility index (Phi) is 5.16. The van der Waals surface area contributed by atoms with Crippen molar-refractivity contribution < 1.29 is 0 Å². The van der Waals surface area contributed by atoms with E-state index in [2.05, 4.69) is 13.8 Å². The Bertz CT molecular complexity index is 133. The molecule has 1 saturated carbocycles. The van der Waals surface area contributed by atoms with Crippen LogP contribution in [-0.2, 0) is 0 Å². The summed E-state index contributed by atoms with van der Waals surface area (Å²) in [6.07, 6.45) is 9.47. The van der Waals surface area contributed by atoms with Crippen LogP contribution < -0.4 is 0 Å². The Morgan fingerprint density at radius 1 is 1.15 bits per heavy atom. The maximum absolute atomic E-state index is 6.43. The first kappa shape index (κ1) is 11.4. The van der Waals surface area contributed by atoms with E-state index in [-0.39, 0.29) is 0 Å². The van der Waals surface area contributed by atoms with Gasteiger partial charge in [-0.1, -0.05) is 46.0 Å². The molecule has 3 atom stereocenters. The van der Waals surface area contributed by atoms with Gasteiger partial charge in [-0.3, -0.25) is 0 Å². The van der Waals surface area contributed by atoms with Gasteiger partial charge in [-0.05, 0) is 24.7 Å². The minimum Gasteiger partial charge on any atom is -0.123 e. The molecule has 1 heteroatoms. The van der Waals surface area contributed by atoms with Crippen molar-refractivity contribution in [1.82, 2.24) is 0 Å². The summed E-state index contributed by atoms with van der Waals surface area (Å²) in [5.74, 6) is 1.60. The third-order valence-electron chi connectivity index (χ3n) is 3.61. The number of hydrogen-bond acceptors (Lipinski definition) is 0. The highest BCUT2D eigenvalue weighted by Crippen LogP contribution is 2.33. The van der Waals surface area contributed by atoms with Gasteiger partial charge < -0.3 is 0 Å². The Labute approximate surface area is 88.1 Å². The van der Waals surface area contributed by atoms with Gasteiger partial charge in [0, 0.05) is 5.38 Å². The van der Waals surface area contributed by atoms with Gasteiger partial charge in [-0.25, -0.2) is 0 Å². The molecule has 0 amide bonds. The highest BCUT2D eigenvalue weighted by atomic mass is 35.5. The van der Waals surface area contributed by atoms with Crippen LogP contribution in [0.15, 0.2) is 0 Å². The zero-order valence-corrected chi connectivity index (χ0v) is 9.82. The first-order chi connectivity index (χ1) is 6.25. The molecular weight excluding hydrogens is 180 g/mol. The van der Waals surface area contributed by atoms with Crippen LogP contribution in [0.5, 0.6) is 0 Å². The van der Waals surface area contributed by atoms with E-state index in [1.807, 2.05) is 0 Å². The topological polar surface area (TPSA) is 0 Å². The molecule has 0 spiro atoms. The first-order valence-electron chi connectivity index (χ1n) is 5.89. The maximum Gasteiger partial charge on any atom is 0.0366 e. The second-order valence-electron chi connectivity index (χ2n) is 4.56. The van der Waals surface area contributed by atoms with E-state index >= 15 is 0 Å². The van der Waals surface area contributed by atoms with Gasteiger partial charge in [0.25, 0.3) is 0 Å². The minimum absolute atomic E-state index is 0.454. The van der Waals surface area contributed by atoms with Crippen LogP contribution in [0.3, 0.4) is 0 Å². The third kappa shape index (κ3) is 3.50. The number of alkyl halides is 1. The molecule has 0 aromatic carbocycles. The monoisotopic (exact) mass is 202 g/mol. The zero-order valence-electron chi connectivity index (χ0n) is 9.06. The van der Waals surface area contributed by atoms with Gasteiger partial charge >= 0.3 is 0 Å². The Morgan fingerprint density at radius 3 is 2.38 bits per heavy atom. The minimum atomic E-state index is 0.454. The molecule has 1 rings (SSSR count). The van der Waals surface area contributed by atoms with E-state index in [1.54, 1.807) is 0 Å². The van der Waals surface area contributed by atoms with Gasteiger partial charge in [0.1, 0.15) is 0 Å². The molecule has 0 heterocycles. The van der Waals surface area contributed by atoms with Gasteiger partial charge in [0.2, 0.25) is 0 Å². The molecule has 1 aliphatic carbocycles. The van der Waals surface area contributed by atoms with Crippen LogP contribution in [0.2, 0.25) is 0 Å². The summed E-state index contributed by atoms with van der Waals surface area (Å²) in [5.41, 5.74) is 0. The molecule has 0 radical (unpaired) electrons. The summed E-state index contributed by atoms with van der Waals surface area (Å²) in [4.78, 5) is 0. The fourth-order valence-electron chi connectivity index (χ4n) is 2.41. The van der Waals surface area contributed by atoms with Crippen LogP contribution in [0, 0.1) is 11.8 Å². The van der Waals surface area contributed by atoms with Crippen LogP contribution in [0.1, 0.15) is 58.8 Å². The summed E-state index contributed by atoms with van der Waals surface area (Å²) in [7, 11) is 0. The molecule has 78 valence electrons. The average molecular weight is 203 g/mol. The van der Waals surface area contributed by atoms with Gasteiger partial charge in [-0.2, -0.15) is 0 Å². The second kappa shape index (κ2) is 5.90. The van der Waals surface area contributed by atoms with Gasteiger partial charge in [0.15, 0.2) is 0 Å². The standard InChI is InChI=1S/C12H23Cl/c1-3-10(2)11-8-6-4-5-7-9-12(11)13/h10-12H,3-9H2,1-2H3. The van der Waals surface area contributed by atoms with E-state index in [4.69, 9.17) is 11.6 Å². The van der Waals surface area contributed by atoms with Gasteiger partial charge in [0.05, 0.1) is 0 Å². The maximum atomic E-state index is 6.43. The summed E-state index contributed by atoms with van der Waals surface area (Å²) in [6.45, 7) is 4.65. The lowest BCUT2D eigenvalue weighted by atomic mass is 9.81. The van der Waals surface area contributed by atoms with Crippen LogP contribution in [0.25, 0.3) is 0 Å². The van der Waals surface area contributed by atoms with Gasteiger partial charge in [-0.15, -0.1) is 11.6 Å². The molecular formula is C12H23Cl. The molecule has 1 fully saturated rings. The van der Waals surface area contributed by atoms with E-state index in [0.717, 1.165) is 11.8 Å². The molecule has 3 unspecified atom stereocenters. The SMILES string of the molecule is CCC(C)C1CCCCCCC1Cl.